The van der Waals surface area contributed by atoms with Crippen LogP contribution < -0.4 is 5.32 Å². The van der Waals surface area contributed by atoms with Crippen LogP contribution in [0.2, 0.25) is 0 Å². The summed E-state index contributed by atoms with van der Waals surface area (Å²) in [5.41, 5.74) is -0.132. The second kappa shape index (κ2) is 6.64. The zero-order valence-electron chi connectivity index (χ0n) is 11.2. The summed E-state index contributed by atoms with van der Waals surface area (Å²) in [6.07, 6.45) is 5.87. The van der Waals surface area contributed by atoms with Crippen LogP contribution in [0.1, 0.15) is 39.5 Å². The van der Waals surface area contributed by atoms with Gasteiger partial charge in [-0.3, -0.25) is 4.79 Å². The summed E-state index contributed by atoms with van der Waals surface area (Å²) in [4.78, 5) is 11.8. The number of thioether (sulfide) groups is 1. The van der Waals surface area contributed by atoms with Gasteiger partial charge >= 0.3 is 0 Å². The predicted octanol–water partition coefficient (Wildman–Crippen LogP) is 2.04. The molecule has 1 aliphatic carbocycles. The van der Waals surface area contributed by atoms with Gasteiger partial charge < -0.3 is 10.4 Å². The van der Waals surface area contributed by atoms with E-state index in [2.05, 4.69) is 12.2 Å². The Balaban J connectivity index is 2.40. The number of carbonyl (C=O) groups is 1. The topological polar surface area (TPSA) is 49.3 Å². The largest absolute Gasteiger partial charge is 0.392 e. The molecule has 0 aliphatic heterocycles. The highest BCUT2D eigenvalue weighted by molar-refractivity contribution is 7.98. The Morgan fingerprint density at radius 1 is 1.59 bits per heavy atom. The third kappa shape index (κ3) is 4.18. The van der Waals surface area contributed by atoms with Crippen LogP contribution in [-0.4, -0.2) is 35.7 Å². The average molecular weight is 259 g/mol. The third-order valence-corrected chi connectivity index (χ3v) is 4.64. The van der Waals surface area contributed by atoms with Crippen LogP contribution >= 0.6 is 11.8 Å². The number of carbonyl (C=O) groups excluding carboxylic acids is 1. The molecule has 0 aromatic carbocycles. The minimum Gasteiger partial charge on any atom is -0.392 e. The summed E-state index contributed by atoms with van der Waals surface area (Å²) < 4.78 is 0. The highest BCUT2D eigenvalue weighted by Gasteiger charge is 2.35. The summed E-state index contributed by atoms with van der Waals surface area (Å²) in [6, 6.07) is 0. The quantitative estimate of drug-likeness (QED) is 0.794. The maximum atomic E-state index is 11.8. The Morgan fingerprint density at radius 3 is 2.88 bits per heavy atom. The molecule has 3 nitrogen and oxygen atoms in total. The van der Waals surface area contributed by atoms with E-state index >= 15 is 0 Å². The molecular formula is C13H25NO2S. The van der Waals surface area contributed by atoms with Gasteiger partial charge in [-0.05, 0) is 19.1 Å². The number of amides is 1. The summed E-state index contributed by atoms with van der Waals surface area (Å²) in [6.45, 7) is 4.63. The number of nitrogens with one attached hydrogen (secondary N) is 1. The number of aliphatic hydroxyl groups is 1. The number of rotatable bonds is 5. The molecule has 0 radical (unpaired) electrons. The fraction of sp³-hybridized carbons (Fsp3) is 0.923. The van der Waals surface area contributed by atoms with Crippen LogP contribution in [-0.2, 0) is 4.79 Å². The highest BCUT2D eigenvalue weighted by atomic mass is 32.2. The molecule has 1 amide bonds. The van der Waals surface area contributed by atoms with Crippen molar-refractivity contribution < 1.29 is 9.90 Å². The zero-order chi connectivity index (χ0) is 12.9. The first kappa shape index (κ1) is 14.8. The van der Waals surface area contributed by atoms with E-state index < -0.39 is 0 Å². The molecule has 3 atom stereocenters. The van der Waals surface area contributed by atoms with Crippen molar-refractivity contribution in [2.75, 3.05) is 18.6 Å². The summed E-state index contributed by atoms with van der Waals surface area (Å²) in [5.74, 6) is 1.01. The monoisotopic (exact) mass is 259 g/mol. The maximum Gasteiger partial charge on any atom is 0.223 e. The van der Waals surface area contributed by atoms with Crippen LogP contribution in [0.5, 0.6) is 0 Å². The fourth-order valence-electron chi connectivity index (χ4n) is 2.38. The SMILES string of the molecule is CSC[C@H](C)C(=O)NC[C@]1(C)CCCC[C@@H]1O. The van der Waals surface area contributed by atoms with Crippen molar-refractivity contribution >= 4 is 17.7 Å². The normalized spacial score (nSPS) is 30.9. The Kier molecular flexibility index (Phi) is 5.80. The van der Waals surface area contributed by atoms with Crippen molar-refractivity contribution in [2.45, 2.75) is 45.6 Å². The molecule has 1 saturated carbocycles. The van der Waals surface area contributed by atoms with Gasteiger partial charge in [-0.15, -0.1) is 0 Å². The van der Waals surface area contributed by atoms with Crippen molar-refractivity contribution in [2.24, 2.45) is 11.3 Å². The second-order valence-corrected chi connectivity index (χ2v) is 6.40. The molecule has 1 aliphatic rings. The summed E-state index contributed by atoms with van der Waals surface area (Å²) >= 11 is 1.69. The fourth-order valence-corrected chi connectivity index (χ4v) is 3.03. The highest BCUT2D eigenvalue weighted by Crippen LogP contribution is 2.35. The predicted molar refractivity (Wildman–Crippen MR) is 73.1 cm³/mol. The molecule has 0 spiro atoms. The number of hydrogen-bond donors (Lipinski definition) is 2. The second-order valence-electron chi connectivity index (χ2n) is 5.49. The molecule has 0 bridgehead atoms. The number of aliphatic hydroxyl groups excluding tert-OH is 1. The smallest absolute Gasteiger partial charge is 0.223 e. The summed E-state index contributed by atoms with van der Waals surface area (Å²) in [5, 5.41) is 13.0. The van der Waals surface area contributed by atoms with Gasteiger partial charge in [0.15, 0.2) is 0 Å². The third-order valence-electron chi connectivity index (χ3n) is 3.81. The van der Waals surface area contributed by atoms with E-state index in [0.717, 1.165) is 31.4 Å². The molecule has 1 fully saturated rings. The first-order chi connectivity index (χ1) is 7.99. The Labute approximate surface area is 109 Å². The lowest BCUT2D eigenvalue weighted by molar-refractivity contribution is -0.125. The molecule has 0 saturated heterocycles. The van der Waals surface area contributed by atoms with Crippen molar-refractivity contribution in [1.29, 1.82) is 0 Å². The summed E-state index contributed by atoms with van der Waals surface area (Å²) in [7, 11) is 0. The van der Waals surface area contributed by atoms with E-state index in [1.54, 1.807) is 11.8 Å². The molecule has 0 aromatic rings. The maximum absolute atomic E-state index is 11.8. The van der Waals surface area contributed by atoms with E-state index in [-0.39, 0.29) is 23.3 Å². The van der Waals surface area contributed by atoms with E-state index in [1.807, 2.05) is 13.2 Å². The van der Waals surface area contributed by atoms with E-state index in [1.165, 1.54) is 0 Å². The average Bonchev–Trinajstić information content (AvgIpc) is 2.30. The molecule has 17 heavy (non-hydrogen) atoms. The van der Waals surface area contributed by atoms with E-state index in [9.17, 15) is 9.90 Å². The minimum absolute atomic E-state index is 0.0503. The van der Waals surface area contributed by atoms with E-state index in [0.29, 0.717) is 6.54 Å². The van der Waals surface area contributed by atoms with Crippen molar-refractivity contribution in [1.82, 2.24) is 5.32 Å². The van der Waals surface area contributed by atoms with Crippen LogP contribution in [0.25, 0.3) is 0 Å². The van der Waals surface area contributed by atoms with E-state index in [4.69, 9.17) is 0 Å². The van der Waals surface area contributed by atoms with Gasteiger partial charge in [0.25, 0.3) is 0 Å². The Morgan fingerprint density at radius 2 is 2.29 bits per heavy atom. The van der Waals surface area contributed by atoms with Crippen molar-refractivity contribution in [3.63, 3.8) is 0 Å². The molecule has 4 heteroatoms. The van der Waals surface area contributed by atoms with Gasteiger partial charge in [0, 0.05) is 23.6 Å². The Bertz CT molecular complexity index is 260. The van der Waals surface area contributed by atoms with Crippen LogP contribution in [0.3, 0.4) is 0 Å². The first-order valence-corrected chi connectivity index (χ1v) is 7.83. The standard InChI is InChI=1S/C13H25NO2S/c1-10(8-17-3)12(16)14-9-13(2)7-5-4-6-11(13)15/h10-11,15H,4-9H2,1-3H3,(H,14,16)/t10-,11-,13-/m0/s1. The van der Waals surface area contributed by atoms with Crippen molar-refractivity contribution in [3.05, 3.63) is 0 Å². The molecular weight excluding hydrogens is 234 g/mol. The molecule has 100 valence electrons. The molecule has 1 rings (SSSR count). The molecule has 0 aromatic heterocycles. The zero-order valence-corrected chi connectivity index (χ0v) is 12.0. The van der Waals surface area contributed by atoms with Gasteiger partial charge in [0.2, 0.25) is 5.91 Å². The van der Waals surface area contributed by atoms with Gasteiger partial charge in [-0.25, -0.2) is 0 Å². The lowest BCUT2D eigenvalue weighted by Gasteiger charge is -2.38. The van der Waals surface area contributed by atoms with Gasteiger partial charge in [0.05, 0.1) is 6.10 Å². The van der Waals surface area contributed by atoms with Gasteiger partial charge in [-0.2, -0.15) is 11.8 Å². The lowest BCUT2D eigenvalue weighted by atomic mass is 9.73. The van der Waals surface area contributed by atoms with Crippen molar-refractivity contribution in [3.8, 4) is 0 Å². The first-order valence-electron chi connectivity index (χ1n) is 6.44. The lowest BCUT2D eigenvalue weighted by Crippen LogP contribution is -2.46. The van der Waals surface area contributed by atoms with Gasteiger partial charge in [0.1, 0.15) is 0 Å². The van der Waals surface area contributed by atoms with Crippen LogP contribution in [0.4, 0.5) is 0 Å². The Hall–Kier alpha value is -0.220. The van der Waals surface area contributed by atoms with Crippen LogP contribution in [0.15, 0.2) is 0 Å². The minimum atomic E-state index is -0.271. The number of hydrogen-bond acceptors (Lipinski definition) is 3. The van der Waals surface area contributed by atoms with Crippen LogP contribution in [0, 0.1) is 11.3 Å². The van der Waals surface area contributed by atoms with Gasteiger partial charge in [-0.1, -0.05) is 26.7 Å². The molecule has 0 unspecified atom stereocenters. The molecule has 0 heterocycles. The molecule has 2 N–H and O–H groups in total.